The van der Waals surface area contributed by atoms with Gasteiger partial charge in [-0.15, -0.1) is 0 Å². The number of nitrogens with one attached hydrogen (secondary N) is 1. The van der Waals surface area contributed by atoms with Crippen LogP contribution in [0.25, 0.3) is 0 Å². The highest BCUT2D eigenvalue weighted by atomic mass is 19.1. The molecule has 0 saturated carbocycles. The van der Waals surface area contributed by atoms with Gasteiger partial charge in [0, 0.05) is 25.3 Å². The summed E-state index contributed by atoms with van der Waals surface area (Å²) < 4.78 is 41.5. The van der Waals surface area contributed by atoms with Crippen molar-refractivity contribution in [1.82, 2.24) is 5.32 Å². The lowest BCUT2D eigenvalue weighted by Gasteiger charge is -2.26. The number of aliphatic hydroxyl groups is 1. The molecule has 2 N–H and O–H groups in total. The number of halogens is 2. The number of amides is 1. The molecular formula is C16H23F2NO5. The van der Waals surface area contributed by atoms with E-state index in [1.165, 1.54) is 7.11 Å². The zero-order chi connectivity index (χ0) is 18.3. The van der Waals surface area contributed by atoms with Gasteiger partial charge in [-0.2, -0.15) is 0 Å². The second-order valence-corrected chi connectivity index (χ2v) is 6.19. The summed E-state index contributed by atoms with van der Waals surface area (Å²) in [6, 6.07) is 1.81. The second-order valence-electron chi connectivity index (χ2n) is 6.19. The maximum absolute atomic E-state index is 13.1. The van der Waals surface area contributed by atoms with Crippen LogP contribution in [0, 0.1) is 11.6 Å². The van der Waals surface area contributed by atoms with Crippen LogP contribution in [0.15, 0.2) is 18.2 Å². The Bertz CT molecular complexity index is 528. The average Bonchev–Trinajstić information content (AvgIpc) is 2.40. The molecule has 0 saturated heterocycles. The normalized spacial score (nSPS) is 14.0. The molecule has 0 aliphatic rings. The number of carbonyl (C=O) groups excluding carboxylic acids is 1. The summed E-state index contributed by atoms with van der Waals surface area (Å²) in [5, 5.41) is 12.5. The summed E-state index contributed by atoms with van der Waals surface area (Å²) >= 11 is 0. The van der Waals surface area contributed by atoms with Crippen LogP contribution >= 0.6 is 0 Å². The topological polar surface area (TPSA) is 77.0 Å². The molecule has 1 aromatic carbocycles. The van der Waals surface area contributed by atoms with Crippen molar-refractivity contribution >= 4 is 6.09 Å². The maximum atomic E-state index is 13.1. The number of methoxy groups -OCH3 is 1. The molecule has 1 amide bonds. The van der Waals surface area contributed by atoms with Gasteiger partial charge in [0.1, 0.15) is 35.7 Å². The van der Waals surface area contributed by atoms with Gasteiger partial charge in [-0.3, -0.25) is 0 Å². The number of hydrogen-bond donors (Lipinski definition) is 2. The molecule has 6 nitrogen and oxygen atoms in total. The van der Waals surface area contributed by atoms with Crippen LogP contribution in [0.2, 0.25) is 0 Å². The average molecular weight is 347 g/mol. The molecular weight excluding hydrogens is 324 g/mol. The first-order chi connectivity index (χ1) is 11.1. The molecule has 0 aliphatic carbocycles. The number of benzene rings is 1. The third-order valence-electron chi connectivity index (χ3n) is 2.77. The Morgan fingerprint density at radius 1 is 1.21 bits per heavy atom. The van der Waals surface area contributed by atoms with Crippen LogP contribution in [0.1, 0.15) is 20.8 Å². The Labute approximate surface area is 139 Å². The van der Waals surface area contributed by atoms with Crippen molar-refractivity contribution in [2.45, 2.75) is 38.5 Å². The van der Waals surface area contributed by atoms with E-state index in [2.05, 4.69) is 5.32 Å². The molecule has 0 radical (unpaired) electrons. The van der Waals surface area contributed by atoms with Crippen LogP contribution in [-0.2, 0) is 9.47 Å². The molecule has 0 spiro atoms. The van der Waals surface area contributed by atoms with Crippen LogP contribution in [0.3, 0.4) is 0 Å². The number of carbonyl (C=O) groups is 1. The summed E-state index contributed by atoms with van der Waals surface area (Å²) in [7, 11) is 1.39. The van der Waals surface area contributed by atoms with E-state index in [1.807, 2.05) is 0 Å². The molecule has 0 bridgehead atoms. The fraction of sp³-hybridized carbons (Fsp3) is 0.562. The molecule has 0 aromatic heterocycles. The first kappa shape index (κ1) is 20.1. The summed E-state index contributed by atoms with van der Waals surface area (Å²) in [6.07, 6.45) is -1.85. The number of hydrogen-bond acceptors (Lipinski definition) is 5. The van der Waals surface area contributed by atoms with E-state index in [0.717, 1.165) is 12.1 Å². The maximum Gasteiger partial charge on any atom is 0.408 e. The van der Waals surface area contributed by atoms with Gasteiger partial charge in [0.25, 0.3) is 0 Å². The molecule has 24 heavy (non-hydrogen) atoms. The standard InChI is InChI=1S/C16H23F2NO5/c1-16(2,3)24-15(21)19-13(14(20)9-22-4)8-23-12-6-10(17)5-11(18)7-12/h5-7,13-14,20H,8-9H2,1-4H3,(H,19,21). The smallest absolute Gasteiger partial charge is 0.408 e. The van der Waals surface area contributed by atoms with Crippen LogP contribution in [-0.4, -0.2) is 49.3 Å². The van der Waals surface area contributed by atoms with Crippen molar-refractivity contribution in [1.29, 1.82) is 0 Å². The van der Waals surface area contributed by atoms with E-state index in [1.54, 1.807) is 20.8 Å². The lowest BCUT2D eigenvalue weighted by atomic mass is 10.2. The third-order valence-corrected chi connectivity index (χ3v) is 2.77. The van der Waals surface area contributed by atoms with Crippen LogP contribution < -0.4 is 10.1 Å². The minimum absolute atomic E-state index is 0.0619. The van der Waals surface area contributed by atoms with Crippen molar-refractivity contribution in [2.24, 2.45) is 0 Å². The lowest BCUT2D eigenvalue weighted by molar-refractivity contribution is 0.0126. The van der Waals surface area contributed by atoms with Gasteiger partial charge >= 0.3 is 6.09 Å². The predicted molar refractivity (Wildman–Crippen MR) is 82.9 cm³/mol. The van der Waals surface area contributed by atoms with Gasteiger partial charge in [-0.1, -0.05) is 0 Å². The molecule has 0 aliphatic heterocycles. The molecule has 136 valence electrons. The number of aliphatic hydroxyl groups excluding tert-OH is 1. The zero-order valence-corrected chi connectivity index (χ0v) is 14.1. The van der Waals surface area contributed by atoms with Gasteiger partial charge < -0.3 is 24.6 Å². The SMILES string of the molecule is COCC(O)C(COc1cc(F)cc(F)c1)NC(=O)OC(C)(C)C. The highest BCUT2D eigenvalue weighted by Crippen LogP contribution is 2.16. The second kappa shape index (κ2) is 8.79. The fourth-order valence-electron chi connectivity index (χ4n) is 1.79. The first-order valence-corrected chi connectivity index (χ1v) is 7.36. The Morgan fingerprint density at radius 2 is 1.79 bits per heavy atom. The summed E-state index contributed by atoms with van der Waals surface area (Å²) in [5.41, 5.74) is -0.715. The zero-order valence-electron chi connectivity index (χ0n) is 14.1. The van der Waals surface area contributed by atoms with Crippen molar-refractivity contribution in [3.63, 3.8) is 0 Å². The number of rotatable bonds is 7. The Balaban J connectivity index is 2.73. The minimum atomic E-state index is -1.10. The summed E-state index contributed by atoms with van der Waals surface area (Å²) in [6.45, 7) is 4.78. The van der Waals surface area contributed by atoms with E-state index < -0.39 is 35.5 Å². The molecule has 0 heterocycles. The van der Waals surface area contributed by atoms with Crippen molar-refractivity contribution < 1.29 is 32.9 Å². The van der Waals surface area contributed by atoms with Gasteiger partial charge in [0.2, 0.25) is 0 Å². The molecule has 2 unspecified atom stereocenters. The first-order valence-electron chi connectivity index (χ1n) is 7.36. The minimum Gasteiger partial charge on any atom is -0.491 e. The van der Waals surface area contributed by atoms with E-state index in [0.29, 0.717) is 6.07 Å². The highest BCUT2D eigenvalue weighted by molar-refractivity contribution is 5.68. The Hall–Kier alpha value is -1.93. The van der Waals surface area contributed by atoms with Crippen molar-refractivity contribution in [3.8, 4) is 5.75 Å². The van der Waals surface area contributed by atoms with Crippen LogP contribution in [0.4, 0.5) is 13.6 Å². The lowest BCUT2D eigenvalue weighted by Crippen LogP contribution is -2.50. The van der Waals surface area contributed by atoms with Gasteiger partial charge in [0.15, 0.2) is 0 Å². The van der Waals surface area contributed by atoms with E-state index in [4.69, 9.17) is 14.2 Å². The Kier molecular flexibility index (Phi) is 7.37. The van der Waals surface area contributed by atoms with E-state index in [-0.39, 0.29) is 19.0 Å². The largest absolute Gasteiger partial charge is 0.491 e. The molecule has 2 atom stereocenters. The van der Waals surface area contributed by atoms with Gasteiger partial charge in [-0.05, 0) is 20.8 Å². The van der Waals surface area contributed by atoms with Crippen LogP contribution in [0.5, 0.6) is 5.75 Å². The fourth-order valence-corrected chi connectivity index (χ4v) is 1.79. The summed E-state index contributed by atoms with van der Waals surface area (Å²) in [4.78, 5) is 11.8. The van der Waals surface area contributed by atoms with Gasteiger partial charge in [0.05, 0.1) is 12.6 Å². The molecule has 0 fully saturated rings. The summed E-state index contributed by atoms with van der Waals surface area (Å²) in [5.74, 6) is -1.65. The highest BCUT2D eigenvalue weighted by Gasteiger charge is 2.25. The quantitative estimate of drug-likeness (QED) is 0.791. The molecule has 8 heteroatoms. The predicted octanol–water partition coefficient (Wildman–Crippen LogP) is 2.24. The van der Waals surface area contributed by atoms with Crippen molar-refractivity contribution in [3.05, 3.63) is 29.8 Å². The molecule has 1 rings (SSSR count). The Morgan fingerprint density at radius 3 is 2.29 bits per heavy atom. The van der Waals surface area contributed by atoms with E-state index >= 15 is 0 Å². The monoisotopic (exact) mass is 347 g/mol. The molecule has 1 aromatic rings. The number of alkyl carbamates (subject to hydrolysis) is 1. The van der Waals surface area contributed by atoms with Crippen molar-refractivity contribution in [2.75, 3.05) is 20.3 Å². The van der Waals surface area contributed by atoms with Gasteiger partial charge in [-0.25, -0.2) is 13.6 Å². The third kappa shape index (κ3) is 7.56. The number of ether oxygens (including phenoxy) is 3. The van der Waals surface area contributed by atoms with E-state index in [9.17, 15) is 18.7 Å².